The van der Waals surface area contributed by atoms with Crippen LogP contribution in [0, 0.1) is 11.6 Å². The van der Waals surface area contributed by atoms with Crippen LogP contribution in [0.15, 0.2) is 36.4 Å². The zero-order valence-electron chi connectivity index (χ0n) is 10.4. The summed E-state index contributed by atoms with van der Waals surface area (Å²) in [5.74, 6) is -1.05. The molecule has 0 aliphatic heterocycles. The molecule has 0 saturated carbocycles. The Morgan fingerprint density at radius 1 is 1.11 bits per heavy atom. The number of methoxy groups -OCH3 is 1. The van der Waals surface area contributed by atoms with Gasteiger partial charge in [-0.1, -0.05) is 6.07 Å². The summed E-state index contributed by atoms with van der Waals surface area (Å²) in [6.07, 6.45) is 0. The quantitative estimate of drug-likeness (QED) is 0.834. The first-order chi connectivity index (χ1) is 9.10. The van der Waals surface area contributed by atoms with Gasteiger partial charge >= 0.3 is 0 Å². The van der Waals surface area contributed by atoms with Crippen molar-refractivity contribution in [3.63, 3.8) is 0 Å². The highest BCUT2D eigenvalue weighted by Gasteiger charge is 2.04. The number of rotatable bonds is 4. The Morgan fingerprint density at radius 3 is 2.53 bits per heavy atom. The van der Waals surface area contributed by atoms with Crippen LogP contribution in [-0.4, -0.2) is 7.11 Å². The van der Waals surface area contributed by atoms with Crippen molar-refractivity contribution in [2.24, 2.45) is 0 Å². The average molecular weight is 264 g/mol. The zero-order valence-corrected chi connectivity index (χ0v) is 10.4. The molecule has 0 aliphatic rings. The van der Waals surface area contributed by atoms with Crippen LogP contribution < -0.4 is 15.8 Å². The first-order valence-electron chi connectivity index (χ1n) is 5.71. The summed E-state index contributed by atoms with van der Waals surface area (Å²) in [4.78, 5) is 0. The van der Waals surface area contributed by atoms with E-state index in [9.17, 15) is 8.78 Å². The normalized spacial score (nSPS) is 10.3. The van der Waals surface area contributed by atoms with E-state index in [-0.39, 0.29) is 0 Å². The second-order valence-electron chi connectivity index (χ2n) is 4.06. The molecule has 0 amide bonds. The number of halogens is 2. The van der Waals surface area contributed by atoms with Gasteiger partial charge in [0.2, 0.25) is 0 Å². The van der Waals surface area contributed by atoms with Gasteiger partial charge in [0.1, 0.15) is 5.75 Å². The van der Waals surface area contributed by atoms with E-state index in [0.29, 0.717) is 29.2 Å². The maximum Gasteiger partial charge on any atom is 0.159 e. The van der Waals surface area contributed by atoms with Gasteiger partial charge in [-0.25, -0.2) is 8.78 Å². The number of hydrogen-bond donors (Lipinski definition) is 2. The standard InChI is InChI=1S/C14H14F2N2O/c1-19-10-3-5-14(13(17)7-10)18-8-9-2-4-11(15)12(16)6-9/h2-7,18H,8,17H2,1H3. The summed E-state index contributed by atoms with van der Waals surface area (Å²) in [6, 6.07) is 9.00. The summed E-state index contributed by atoms with van der Waals surface area (Å²) in [5.41, 5.74) is 7.72. The van der Waals surface area contributed by atoms with Crippen LogP contribution in [-0.2, 0) is 6.54 Å². The highest BCUT2D eigenvalue weighted by Crippen LogP contribution is 2.24. The topological polar surface area (TPSA) is 47.3 Å². The summed E-state index contributed by atoms with van der Waals surface area (Å²) in [7, 11) is 1.56. The fourth-order valence-corrected chi connectivity index (χ4v) is 1.68. The molecule has 2 aromatic rings. The first kappa shape index (κ1) is 13.1. The maximum absolute atomic E-state index is 13.0. The Morgan fingerprint density at radius 2 is 1.89 bits per heavy atom. The molecule has 100 valence electrons. The summed E-state index contributed by atoms with van der Waals surface area (Å²) >= 11 is 0. The number of nitrogen functional groups attached to an aromatic ring is 1. The van der Waals surface area contributed by atoms with E-state index in [0.717, 1.165) is 12.1 Å². The van der Waals surface area contributed by atoms with Crippen LogP contribution in [0.4, 0.5) is 20.2 Å². The second kappa shape index (κ2) is 5.56. The molecule has 0 saturated heterocycles. The molecule has 2 rings (SSSR count). The summed E-state index contributed by atoms with van der Waals surface area (Å²) in [6.45, 7) is 0.355. The van der Waals surface area contributed by atoms with Crippen molar-refractivity contribution in [3.8, 4) is 5.75 Å². The third-order valence-corrected chi connectivity index (χ3v) is 2.73. The van der Waals surface area contributed by atoms with E-state index < -0.39 is 11.6 Å². The van der Waals surface area contributed by atoms with Gasteiger partial charge in [0.15, 0.2) is 11.6 Å². The lowest BCUT2D eigenvalue weighted by molar-refractivity contribution is 0.415. The SMILES string of the molecule is COc1ccc(NCc2ccc(F)c(F)c2)c(N)c1. The predicted octanol–water partition coefficient (Wildman–Crippen LogP) is 3.17. The van der Waals surface area contributed by atoms with Gasteiger partial charge in [0.25, 0.3) is 0 Å². The highest BCUT2D eigenvalue weighted by atomic mass is 19.2. The lowest BCUT2D eigenvalue weighted by Crippen LogP contribution is -2.03. The van der Waals surface area contributed by atoms with Crippen LogP contribution in [0.3, 0.4) is 0 Å². The van der Waals surface area contributed by atoms with E-state index in [1.165, 1.54) is 6.07 Å². The molecule has 0 spiro atoms. The molecule has 5 heteroatoms. The molecule has 3 nitrogen and oxygen atoms in total. The minimum Gasteiger partial charge on any atom is -0.497 e. The van der Waals surface area contributed by atoms with Gasteiger partial charge in [-0.15, -0.1) is 0 Å². The molecule has 0 fully saturated rings. The van der Waals surface area contributed by atoms with Crippen molar-refractivity contribution in [2.45, 2.75) is 6.54 Å². The van der Waals surface area contributed by atoms with Gasteiger partial charge in [-0.3, -0.25) is 0 Å². The van der Waals surface area contributed by atoms with Crippen LogP contribution >= 0.6 is 0 Å². The van der Waals surface area contributed by atoms with E-state index in [1.54, 1.807) is 25.3 Å². The van der Waals surface area contributed by atoms with Crippen LogP contribution in [0.2, 0.25) is 0 Å². The molecule has 0 unspecified atom stereocenters. The third kappa shape index (κ3) is 3.13. The second-order valence-corrected chi connectivity index (χ2v) is 4.06. The largest absolute Gasteiger partial charge is 0.497 e. The van der Waals surface area contributed by atoms with Gasteiger partial charge in [0.05, 0.1) is 18.5 Å². The van der Waals surface area contributed by atoms with E-state index >= 15 is 0 Å². The number of benzene rings is 2. The van der Waals surface area contributed by atoms with Crippen LogP contribution in [0.1, 0.15) is 5.56 Å². The fourth-order valence-electron chi connectivity index (χ4n) is 1.68. The monoisotopic (exact) mass is 264 g/mol. The van der Waals surface area contributed by atoms with Crippen molar-refractivity contribution in [1.29, 1.82) is 0 Å². The Hall–Kier alpha value is -2.30. The van der Waals surface area contributed by atoms with Gasteiger partial charge < -0.3 is 15.8 Å². The fraction of sp³-hybridized carbons (Fsp3) is 0.143. The van der Waals surface area contributed by atoms with E-state index in [1.807, 2.05) is 0 Å². The van der Waals surface area contributed by atoms with Crippen molar-refractivity contribution < 1.29 is 13.5 Å². The molecule has 0 radical (unpaired) electrons. The number of ether oxygens (including phenoxy) is 1. The minimum absolute atomic E-state index is 0.355. The van der Waals surface area contributed by atoms with Gasteiger partial charge in [-0.2, -0.15) is 0 Å². The molecule has 0 bridgehead atoms. The van der Waals surface area contributed by atoms with Crippen molar-refractivity contribution in [3.05, 3.63) is 53.6 Å². The molecule has 19 heavy (non-hydrogen) atoms. The average Bonchev–Trinajstić information content (AvgIpc) is 2.41. The Bertz CT molecular complexity index is 588. The molecule has 0 aromatic heterocycles. The van der Waals surface area contributed by atoms with Crippen molar-refractivity contribution >= 4 is 11.4 Å². The zero-order chi connectivity index (χ0) is 13.8. The molecule has 2 aromatic carbocycles. The van der Waals surface area contributed by atoms with Crippen molar-refractivity contribution in [1.82, 2.24) is 0 Å². The lowest BCUT2D eigenvalue weighted by Gasteiger charge is -2.11. The van der Waals surface area contributed by atoms with Gasteiger partial charge in [0, 0.05) is 12.6 Å². The molecular formula is C14H14F2N2O. The lowest BCUT2D eigenvalue weighted by atomic mass is 10.2. The van der Waals surface area contributed by atoms with Crippen LogP contribution in [0.25, 0.3) is 0 Å². The highest BCUT2D eigenvalue weighted by molar-refractivity contribution is 5.68. The first-order valence-corrected chi connectivity index (χ1v) is 5.71. The molecule has 3 N–H and O–H groups in total. The van der Waals surface area contributed by atoms with Crippen molar-refractivity contribution in [2.75, 3.05) is 18.2 Å². The Labute approximate surface area is 110 Å². The van der Waals surface area contributed by atoms with E-state index in [4.69, 9.17) is 10.5 Å². The molecule has 0 aliphatic carbocycles. The summed E-state index contributed by atoms with van der Waals surface area (Å²) < 4.78 is 30.9. The molecular weight excluding hydrogens is 250 g/mol. The predicted molar refractivity (Wildman–Crippen MR) is 71.1 cm³/mol. The summed E-state index contributed by atoms with van der Waals surface area (Å²) in [5, 5.41) is 3.06. The Kier molecular flexibility index (Phi) is 3.85. The Balaban J connectivity index is 2.07. The number of nitrogens with one attached hydrogen (secondary N) is 1. The molecule has 0 atom stereocenters. The van der Waals surface area contributed by atoms with Gasteiger partial charge in [-0.05, 0) is 29.8 Å². The van der Waals surface area contributed by atoms with Crippen LogP contribution in [0.5, 0.6) is 5.75 Å². The third-order valence-electron chi connectivity index (χ3n) is 2.73. The van der Waals surface area contributed by atoms with E-state index in [2.05, 4.69) is 5.32 Å². The number of anilines is 2. The minimum atomic E-state index is -0.859. The smallest absolute Gasteiger partial charge is 0.159 e. The maximum atomic E-state index is 13.0. The number of nitrogens with two attached hydrogens (primary N) is 1. The molecule has 0 heterocycles. The number of hydrogen-bond acceptors (Lipinski definition) is 3.